The van der Waals surface area contributed by atoms with Crippen LogP contribution in [-0.4, -0.2) is 15.2 Å². The molecule has 2 N–H and O–H groups in total. The first kappa shape index (κ1) is 8.16. The minimum absolute atomic E-state index is 0.997. The molecule has 0 unspecified atom stereocenters. The van der Waals surface area contributed by atoms with E-state index in [1.807, 2.05) is 0 Å². The molecule has 3 nitrogen and oxygen atoms in total. The van der Waals surface area contributed by atoms with Crippen LogP contribution in [0.1, 0.15) is 16.8 Å². The molecule has 1 aromatic carbocycles. The smallest absolute Gasteiger partial charge is 0.112 e. The zero-order valence-electron chi connectivity index (χ0n) is 8.96. The van der Waals surface area contributed by atoms with Crippen molar-refractivity contribution < 1.29 is 0 Å². The van der Waals surface area contributed by atoms with Crippen LogP contribution in [0, 0.1) is 6.92 Å². The van der Waals surface area contributed by atoms with Crippen molar-refractivity contribution in [3.63, 3.8) is 0 Å². The van der Waals surface area contributed by atoms with E-state index in [0.29, 0.717) is 0 Å². The van der Waals surface area contributed by atoms with E-state index in [1.165, 1.54) is 33.4 Å². The maximum absolute atomic E-state index is 4.38. The van der Waals surface area contributed by atoms with Gasteiger partial charge >= 0.3 is 0 Å². The van der Waals surface area contributed by atoms with Crippen molar-refractivity contribution in [1.29, 1.82) is 0 Å². The molecule has 3 heteroatoms. The molecule has 2 aromatic heterocycles. The van der Waals surface area contributed by atoms with Crippen molar-refractivity contribution in [2.24, 2.45) is 0 Å². The lowest BCUT2D eigenvalue weighted by molar-refractivity contribution is 1.03. The second kappa shape index (κ2) is 2.55. The van der Waals surface area contributed by atoms with Gasteiger partial charge in [-0.25, -0.2) is 0 Å². The largest absolute Gasteiger partial charge is 0.353 e. The molecule has 4 rings (SSSR count). The van der Waals surface area contributed by atoms with Crippen molar-refractivity contribution in [2.45, 2.75) is 13.3 Å². The first-order valence-electron chi connectivity index (χ1n) is 5.48. The Bertz CT molecular complexity index is 703. The van der Waals surface area contributed by atoms with E-state index in [2.05, 4.69) is 46.4 Å². The number of aryl methyl sites for hydroxylation is 1. The Hall–Kier alpha value is -2.03. The summed E-state index contributed by atoms with van der Waals surface area (Å²) >= 11 is 0. The summed E-state index contributed by atoms with van der Waals surface area (Å²) in [7, 11) is 0. The number of H-pyrrole nitrogens is 2. The number of hydrogen-bond acceptors (Lipinski definition) is 1. The van der Waals surface area contributed by atoms with Gasteiger partial charge < -0.3 is 4.98 Å². The van der Waals surface area contributed by atoms with Crippen LogP contribution < -0.4 is 0 Å². The van der Waals surface area contributed by atoms with Gasteiger partial charge in [-0.05, 0) is 18.6 Å². The number of para-hydroxylation sites is 1. The predicted octanol–water partition coefficient (Wildman–Crippen LogP) is 2.77. The third-order valence-electron chi connectivity index (χ3n) is 3.48. The second-order valence-corrected chi connectivity index (χ2v) is 4.38. The highest BCUT2D eigenvalue weighted by molar-refractivity contribution is 5.93. The van der Waals surface area contributed by atoms with E-state index in [0.717, 1.165) is 12.1 Å². The molecular formula is C13H11N3. The normalized spacial score (nSPS) is 13.1. The Balaban J connectivity index is 2.11. The van der Waals surface area contributed by atoms with E-state index >= 15 is 0 Å². The fourth-order valence-corrected chi connectivity index (χ4v) is 2.64. The third-order valence-corrected chi connectivity index (χ3v) is 3.48. The standard InChI is InChI=1S/C13H11N3/c1-7-9-6-10-8-4-2-3-5-11(8)14-12(10)13(9)16-15-7/h2-5,14H,6H2,1H3,(H,15,16). The number of nitrogens with one attached hydrogen (secondary N) is 2. The molecule has 0 saturated heterocycles. The molecule has 0 fully saturated rings. The highest BCUT2D eigenvalue weighted by atomic mass is 15.1. The minimum Gasteiger partial charge on any atom is -0.353 e. The van der Waals surface area contributed by atoms with Crippen LogP contribution in [0.25, 0.3) is 22.3 Å². The Kier molecular flexibility index (Phi) is 1.30. The molecular weight excluding hydrogens is 198 g/mol. The summed E-state index contributed by atoms with van der Waals surface area (Å²) in [6, 6.07) is 8.44. The first-order chi connectivity index (χ1) is 7.84. The molecule has 0 radical (unpaired) electrons. The molecule has 0 aliphatic heterocycles. The average Bonchev–Trinajstić information content (AvgIpc) is 2.91. The summed E-state index contributed by atoms with van der Waals surface area (Å²) in [4.78, 5) is 3.46. The van der Waals surface area contributed by atoms with Crippen LogP contribution in [0.5, 0.6) is 0 Å². The van der Waals surface area contributed by atoms with Crippen LogP contribution in [0.4, 0.5) is 0 Å². The summed E-state index contributed by atoms with van der Waals surface area (Å²) in [5, 5.41) is 8.76. The van der Waals surface area contributed by atoms with Crippen LogP contribution in [0.15, 0.2) is 24.3 Å². The molecule has 1 aliphatic rings. The Morgan fingerprint density at radius 2 is 2.06 bits per heavy atom. The lowest BCUT2D eigenvalue weighted by Crippen LogP contribution is -1.83. The van der Waals surface area contributed by atoms with Crippen molar-refractivity contribution >= 4 is 10.9 Å². The van der Waals surface area contributed by atoms with Crippen molar-refractivity contribution in [3.8, 4) is 11.4 Å². The fraction of sp³-hybridized carbons (Fsp3) is 0.154. The highest BCUT2D eigenvalue weighted by Gasteiger charge is 2.26. The van der Waals surface area contributed by atoms with Gasteiger partial charge in [0.25, 0.3) is 0 Å². The van der Waals surface area contributed by atoms with E-state index in [9.17, 15) is 0 Å². The number of hydrogen-bond donors (Lipinski definition) is 2. The summed E-state index contributed by atoms with van der Waals surface area (Å²) in [6.45, 7) is 2.08. The average molecular weight is 209 g/mol. The lowest BCUT2D eigenvalue weighted by atomic mass is 10.1. The Morgan fingerprint density at radius 3 is 3.00 bits per heavy atom. The summed E-state index contributed by atoms with van der Waals surface area (Å²) in [5.74, 6) is 0. The minimum atomic E-state index is 0.997. The lowest BCUT2D eigenvalue weighted by Gasteiger charge is -1.94. The molecule has 0 spiro atoms. The number of nitrogens with zero attached hydrogens (tertiary/aromatic N) is 1. The SMILES string of the molecule is Cc1[nH]nc2c1Cc1c-2[nH]c2ccccc12. The van der Waals surface area contributed by atoms with E-state index < -0.39 is 0 Å². The van der Waals surface area contributed by atoms with Crippen LogP contribution >= 0.6 is 0 Å². The van der Waals surface area contributed by atoms with Crippen LogP contribution in [-0.2, 0) is 6.42 Å². The summed E-state index contributed by atoms with van der Waals surface area (Å²) in [6.07, 6.45) is 0.997. The van der Waals surface area contributed by atoms with Gasteiger partial charge in [0.2, 0.25) is 0 Å². The van der Waals surface area contributed by atoms with Gasteiger partial charge in [0, 0.05) is 28.6 Å². The summed E-state index contributed by atoms with van der Waals surface area (Å²) in [5.41, 5.74) is 7.42. The van der Waals surface area contributed by atoms with Crippen molar-refractivity contribution in [2.75, 3.05) is 0 Å². The number of fused-ring (bicyclic) bond motifs is 5. The van der Waals surface area contributed by atoms with Gasteiger partial charge in [0.1, 0.15) is 5.69 Å². The molecule has 3 aromatic rings. The Morgan fingerprint density at radius 1 is 1.19 bits per heavy atom. The molecule has 2 heterocycles. The van der Waals surface area contributed by atoms with Crippen LogP contribution in [0.2, 0.25) is 0 Å². The highest BCUT2D eigenvalue weighted by Crippen LogP contribution is 2.39. The topological polar surface area (TPSA) is 44.5 Å². The Labute approximate surface area is 92.5 Å². The first-order valence-corrected chi connectivity index (χ1v) is 5.48. The van der Waals surface area contributed by atoms with Gasteiger partial charge in [-0.3, -0.25) is 5.10 Å². The monoisotopic (exact) mass is 209 g/mol. The van der Waals surface area contributed by atoms with Crippen LogP contribution in [0.3, 0.4) is 0 Å². The molecule has 78 valence electrons. The molecule has 1 aliphatic carbocycles. The number of rotatable bonds is 0. The predicted molar refractivity (Wildman–Crippen MR) is 63.4 cm³/mol. The number of aromatic nitrogens is 3. The van der Waals surface area contributed by atoms with E-state index in [-0.39, 0.29) is 0 Å². The number of aromatic amines is 2. The quantitative estimate of drug-likeness (QED) is 0.459. The molecule has 0 bridgehead atoms. The van der Waals surface area contributed by atoms with Gasteiger partial charge in [-0.15, -0.1) is 0 Å². The van der Waals surface area contributed by atoms with Gasteiger partial charge in [0.05, 0.1) is 5.69 Å². The van der Waals surface area contributed by atoms with Crippen molar-refractivity contribution in [1.82, 2.24) is 15.2 Å². The van der Waals surface area contributed by atoms with Gasteiger partial charge in [-0.1, -0.05) is 18.2 Å². The van der Waals surface area contributed by atoms with Gasteiger partial charge in [-0.2, -0.15) is 5.10 Å². The van der Waals surface area contributed by atoms with E-state index in [4.69, 9.17) is 0 Å². The molecule has 0 atom stereocenters. The molecule has 16 heavy (non-hydrogen) atoms. The molecule has 0 amide bonds. The molecule has 0 saturated carbocycles. The van der Waals surface area contributed by atoms with E-state index in [1.54, 1.807) is 0 Å². The second-order valence-electron chi connectivity index (χ2n) is 4.38. The zero-order chi connectivity index (χ0) is 10.7. The summed E-state index contributed by atoms with van der Waals surface area (Å²) < 4.78 is 0. The zero-order valence-corrected chi connectivity index (χ0v) is 8.96. The van der Waals surface area contributed by atoms with Crippen molar-refractivity contribution in [3.05, 3.63) is 41.1 Å². The maximum atomic E-state index is 4.38. The van der Waals surface area contributed by atoms with Gasteiger partial charge in [0.15, 0.2) is 0 Å². The third kappa shape index (κ3) is 0.818. The number of benzene rings is 1. The maximum Gasteiger partial charge on any atom is 0.112 e. The fourth-order valence-electron chi connectivity index (χ4n) is 2.64.